The second-order valence-corrected chi connectivity index (χ2v) is 13.5. The third-order valence-electron chi connectivity index (χ3n) is 8.19. The predicted molar refractivity (Wildman–Crippen MR) is 149 cm³/mol. The van der Waals surface area contributed by atoms with Crippen molar-refractivity contribution in [3.05, 3.63) is 66.2 Å². The van der Waals surface area contributed by atoms with Crippen LogP contribution in [0.15, 0.2) is 60.7 Å². The van der Waals surface area contributed by atoms with Gasteiger partial charge in [-0.1, -0.05) is 55.5 Å². The van der Waals surface area contributed by atoms with E-state index in [0.29, 0.717) is 12.1 Å². The van der Waals surface area contributed by atoms with Crippen LogP contribution in [0.25, 0.3) is 0 Å². The molecule has 3 N–H and O–H groups in total. The predicted octanol–water partition coefficient (Wildman–Crippen LogP) is 3.48. The number of aliphatic hydroxyl groups excluding tert-OH is 1. The highest BCUT2D eigenvalue weighted by atomic mass is 32.2. The lowest BCUT2D eigenvalue weighted by Gasteiger charge is -2.41. The number of aliphatic hydroxyl groups is 1. The number of carbonyl (C=O) groups is 3. The number of fused-ring (bicyclic) bond motifs is 1. The molecule has 2 bridgehead atoms. The topological polar surface area (TPSA) is 98.7 Å². The molecule has 3 heterocycles. The van der Waals surface area contributed by atoms with Crippen molar-refractivity contribution in [2.24, 2.45) is 17.8 Å². The molecular weight excluding hydrogens is 498 g/mol. The molecule has 202 valence electrons. The Balaban J connectivity index is 1.55. The van der Waals surface area contributed by atoms with Gasteiger partial charge in [0.2, 0.25) is 17.7 Å². The van der Waals surface area contributed by atoms with Crippen molar-refractivity contribution >= 4 is 35.2 Å². The zero-order valence-corrected chi connectivity index (χ0v) is 23.2. The quantitative estimate of drug-likeness (QED) is 0.504. The smallest absolute Gasteiger partial charge is 0.244 e. The van der Waals surface area contributed by atoms with Crippen molar-refractivity contribution in [2.75, 3.05) is 11.9 Å². The maximum absolute atomic E-state index is 14.4. The van der Waals surface area contributed by atoms with Crippen LogP contribution in [-0.4, -0.2) is 62.0 Å². The summed E-state index contributed by atoms with van der Waals surface area (Å²) in [5, 5.41) is 16.6. The maximum Gasteiger partial charge on any atom is 0.244 e. The van der Waals surface area contributed by atoms with E-state index in [1.807, 2.05) is 81.4 Å². The molecule has 3 fully saturated rings. The number of hydrogen-bond donors (Lipinski definition) is 3. The van der Waals surface area contributed by atoms with Gasteiger partial charge in [0.1, 0.15) is 6.04 Å². The van der Waals surface area contributed by atoms with E-state index in [9.17, 15) is 19.5 Å². The van der Waals surface area contributed by atoms with Gasteiger partial charge in [0.25, 0.3) is 0 Å². The highest BCUT2D eigenvalue weighted by Gasteiger charge is 2.76. The Morgan fingerprint density at radius 3 is 2.32 bits per heavy atom. The van der Waals surface area contributed by atoms with Gasteiger partial charge in [0, 0.05) is 16.5 Å². The molecule has 0 radical (unpaired) electrons. The average molecular weight is 536 g/mol. The van der Waals surface area contributed by atoms with E-state index >= 15 is 0 Å². The van der Waals surface area contributed by atoms with Crippen LogP contribution in [0, 0.1) is 17.8 Å². The molecular formula is C30H37N3O4S. The van der Waals surface area contributed by atoms with Crippen molar-refractivity contribution in [3.8, 4) is 0 Å². The summed E-state index contributed by atoms with van der Waals surface area (Å²) in [7, 11) is 0. The van der Waals surface area contributed by atoms with Crippen molar-refractivity contribution < 1.29 is 19.5 Å². The Labute approximate surface area is 228 Å². The van der Waals surface area contributed by atoms with E-state index in [1.54, 1.807) is 16.7 Å². The highest BCUT2D eigenvalue weighted by Crippen LogP contribution is 2.68. The molecule has 3 unspecified atom stereocenters. The summed E-state index contributed by atoms with van der Waals surface area (Å²) < 4.78 is -0.736. The zero-order valence-electron chi connectivity index (χ0n) is 22.4. The first kappa shape index (κ1) is 26.8. The summed E-state index contributed by atoms with van der Waals surface area (Å²) in [6.07, 6.45) is 1.19. The number of para-hydroxylation sites is 1. The van der Waals surface area contributed by atoms with E-state index in [2.05, 4.69) is 17.6 Å². The number of likely N-dealkylation sites (tertiary alicyclic amines) is 1. The standard InChI is InChI=1S/C30H37N3O4S/c1-18-15-22-23(26(35)31-20-13-9-6-10-14-20)24-28(37)33(21(17-34)16-19-11-7-5-8-12-19)25(30(18,24)38-22)27(36)32-29(2,3)4/h5-14,18,21-25,34H,15-17H2,1-4H3,(H,31,35)(H,32,36)/t18?,21-,22-,23+,24+,25?,30?/m1/s1. The number of carbonyl (C=O) groups excluding carboxylic acids is 3. The van der Waals surface area contributed by atoms with Gasteiger partial charge in [-0.05, 0) is 57.2 Å². The Morgan fingerprint density at radius 2 is 1.71 bits per heavy atom. The van der Waals surface area contributed by atoms with Gasteiger partial charge in [0.15, 0.2) is 0 Å². The highest BCUT2D eigenvalue weighted by molar-refractivity contribution is 8.02. The van der Waals surface area contributed by atoms with Crippen LogP contribution in [0.2, 0.25) is 0 Å². The van der Waals surface area contributed by atoms with Crippen LogP contribution < -0.4 is 10.6 Å². The normalized spacial score (nSPS) is 30.7. The van der Waals surface area contributed by atoms with Gasteiger partial charge >= 0.3 is 0 Å². The molecule has 1 spiro atoms. The minimum absolute atomic E-state index is 0.0450. The summed E-state index contributed by atoms with van der Waals surface area (Å²) >= 11 is 1.64. The lowest BCUT2D eigenvalue weighted by Crippen LogP contribution is -2.61. The fraction of sp³-hybridized carbons (Fsp3) is 0.500. The molecule has 0 saturated carbocycles. The first-order valence-corrected chi connectivity index (χ1v) is 14.3. The first-order chi connectivity index (χ1) is 18.1. The molecule has 2 aromatic carbocycles. The Bertz CT molecular complexity index is 1200. The third-order valence-corrected chi connectivity index (χ3v) is 10.3. The van der Waals surface area contributed by atoms with Crippen LogP contribution in [0.4, 0.5) is 5.69 Å². The van der Waals surface area contributed by atoms with Crippen molar-refractivity contribution in [2.45, 2.75) is 68.2 Å². The number of nitrogens with one attached hydrogen (secondary N) is 2. The number of hydrogen-bond acceptors (Lipinski definition) is 5. The van der Waals surface area contributed by atoms with Gasteiger partial charge in [-0.25, -0.2) is 0 Å². The van der Waals surface area contributed by atoms with E-state index in [-0.39, 0.29) is 35.5 Å². The van der Waals surface area contributed by atoms with Crippen molar-refractivity contribution in [1.82, 2.24) is 10.2 Å². The number of nitrogens with zero attached hydrogens (tertiary/aromatic N) is 1. The maximum atomic E-state index is 14.4. The Morgan fingerprint density at radius 1 is 1.08 bits per heavy atom. The molecule has 3 saturated heterocycles. The number of benzene rings is 2. The Kier molecular flexibility index (Phi) is 7.07. The van der Waals surface area contributed by atoms with Gasteiger partial charge in [0.05, 0.1) is 29.2 Å². The molecule has 0 aliphatic carbocycles. The minimum atomic E-state index is -0.778. The summed E-state index contributed by atoms with van der Waals surface area (Å²) in [5.41, 5.74) is 1.17. The summed E-state index contributed by atoms with van der Waals surface area (Å²) in [5.74, 6) is -1.72. The molecule has 3 aliphatic heterocycles. The van der Waals surface area contributed by atoms with Gasteiger partial charge in [-0.2, -0.15) is 0 Å². The summed E-state index contributed by atoms with van der Waals surface area (Å²) in [6, 6.07) is 17.6. The SMILES string of the molecule is CC1C[C@H]2SC13C(C(=O)NC(C)(C)C)N([C@@H](CO)Cc1ccccc1)C(=O)[C@@H]3[C@H]2C(=O)Nc1ccccc1. The minimum Gasteiger partial charge on any atom is -0.394 e. The van der Waals surface area contributed by atoms with E-state index in [0.717, 1.165) is 12.0 Å². The number of anilines is 1. The van der Waals surface area contributed by atoms with E-state index in [4.69, 9.17) is 0 Å². The fourth-order valence-electron chi connectivity index (χ4n) is 6.77. The Hall–Kier alpha value is -2.84. The molecule has 3 amide bonds. The van der Waals surface area contributed by atoms with Gasteiger partial charge < -0.3 is 20.6 Å². The molecule has 8 heteroatoms. The monoisotopic (exact) mass is 535 g/mol. The van der Waals surface area contributed by atoms with Gasteiger partial charge in [-0.15, -0.1) is 11.8 Å². The summed E-state index contributed by atoms with van der Waals surface area (Å²) in [6.45, 7) is 7.60. The molecule has 3 aliphatic rings. The van der Waals surface area contributed by atoms with Crippen LogP contribution in [-0.2, 0) is 20.8 Å². The van der Waals surface area contributed by atoms with Crippen LogP contribution in [0.1, 0.15) is 39.7 Å². The number of amides is 3. The van der Waals surface area contributed by atoms with Gasteiger partial charge in [-0.3, -0.25) is 14.4 Å². The van der Waals surface area contributed by atoms with Crippen molar-refractivity contribution in [3.63, 3.8) is 0 Å². The first-order valence-electron chi connectivity index (χ1n) is 13.4. The molecule has 38 heavy (non-hydrogen) atoms. The fourth-order valence-corrected chi connectivity index (χ4v) is 9.18. The average Bonchev–Trinajstić information content (AvgIpc) is 3.46. The van der Waals surface area contributed by atoms with Crippen LogP contribution >= 0.6 is 11.8 Å². The third kappa shape index (κ3) is 4.51. The van der Waals surface area contributed by atoms with Crippen molar-refractivity contribution in [1.29, 1.82) is 0 Å². The lowest BCUT2D eigenvalue weighted by atomic mass is 9.65. The second kappa shape index (κ2) is 10.0. The molecule has 7 atom stereocenters. The molecule has 5 rings (SSSR count). The largest absolute Gasteiger partial charge is 0.394 e. The number of rotatable bonds is 7. The molecule has 2 aromatic rings. The van der Waals surface area contributed by atoms with Crippen LogP contribution in [0.5, 0.6) is 0 Å². The summed E-state index contributed by atoms with van der Waals surface area (Å²) in [4.78, 5) is 43.7. The second-order valence-electron chi connectivity index (χ2n) is 11.9. The molecule has 0 aromatic heterocycles. The lowest BCUT2D eigenvalue weighted by molar-refractivity contribution is -0.142. The van der Waals surface area contributed by atoms with Crippen LogP contribution in [0.3, 0.4) is 0 Å². The zero-order chi connectivity index (χ0) is 27.2. The van der Waals surface area contributed by atoms with E-state index < -0.39 is 34.2 Å². The number of thioether (sulfide) groups is 1. The molecule has 7 nitrogen and oxygen atoms in total. The van der Waals surface area contributed by atoms with E-state index in [1.165, 1.54) is 0 Å².